The van der Waals surface area contributed by atoms with Crippen LogP contribution in [0.5, 0.6) is 11.8 Å². The molecule has 0 saturated heterocycles. The summed E-state index contributed by atoms with van der Waals surface area (Å²) in [5.74, 6) is 2.19. The maximum atomic E-state index is 10.3. The van der Waals surface area contributed by atoms with E-state index in [9.17, 15) is 10.2 Å². The molecule has 6 rings (SSSR count). The van der Waals surface area contributed by atoms with Crippen LogP contribution in [0.2, 0.25) is 0 Å². The highest BCUT2D eigenvalue weighted by molar-refractivity contribution is 6.02. The standard InChI is InChI=1S/C37H42N4O4/c1-22-27(9-6-11-29(22)32-18-16-25(36(40-32)44-3)15-14-24-8-5-13-34(24)43)28-10-7-12-30(23(28)2)33-19-17-31(37(41-33)45-4)35-38-20-26(21-42)39-35/h6-7,9-12,16-19,24,26,34,42-43H,5,8,13-15,20-21H2,1-4H3,(H,38,39)/t24-,26-,34-/m0/s1. The Morgan fingerprint density at radius 1 is 0.778 bits per heavy atom. The quantitative estimate of drug-likeness (QED) is 0.206. The minimum Gasteiger partial charge on any atom is -0.481 e. The third kappa shape index (κ3) is 6.17. The number of hydrogen-bond donors (Lipinski definition) is 3. The minimum absolute atomic E-state index is 0.0223. The largest absolute Gasteiger partial charge is 0.481 e. The first-order valence-electron chi connectivity index (χ1n) is 15.8. The van der Waals surface area contributed by atoms with E-state index in [1.165, 1.54) is 0 Å². The average molecular weight is 607 g/mol. The summed E-state index contributed by atoms with van der Waals surface area (Å²) in [4.78, 5) is 14.3. The zero-order valence-corrected chi connectivity index (χ0v) is 26.5. The third-order valence-corrected chi connectivity index (χ3v) is 9.39. The molecule has 45 heavy (non-hydrogen) atoms. The molecule has 3 atom stereocenters. The monoisotopic (exact) mass is 606 g/mol. The molecule has 2 aromatic carbocycles. The molecule has 0 unspecified atom stereocenters. The number of nitrogens with one attached hydrogen (secondary N) is 1. The van der Waals surface area contributed by atoms with Gasteiger partial charge in [0.25, 0.3) is 0 Å². The molecular weight excluding hydrogens is 564 g/mol. The van der Waals surface area contributed by atoms with Crippen molar-refractivity contribution in [3.63, 3.8) is 0 Å². The van der Waals surface area contributed by atoms with E-state index in [1.54, 1.807) is 14.2 Å². The SMILES string of the molecule is COc1nc(-c2cccc(-c3cccc(-c4ccc(C5=NC[C@@H](CO)N5)c(OC)n4)c3C)c2C)ccc1CC[C@@H]1CCC[C@@H]1O. The van der Waals surface area contributed by atoms with E-state index in [1.807, 2.05) is 12.1 Å². The number of aliphatic imine (C=N–C) groups is 1. The van der Waals surface area contributed by atoms with Crippen molar-refractivity contribution in [2.24, 2.45) is 10.9 Å². The van der Waals surface area contributed by atoms with Gasteiger partial charge in [-0.2, -0.15) is 0 Å². The van der Waals surface area contributed by atoms with Gasteiger partial charge in [-0.05, 0) is 85.9 Å². The second kappa shape index (κ2) is 13.4. The lowest BCUT2D eigenvalue weighted by molar-refractivity contribution is 0.128. The van der Waals surface area contributed by atoms with Crippen LogP contribution in [0.25, 0.3) is 33.6 Å². The zero-order valence-electron chi connectivity index (χ0n) is 26.5. The van der Waals surface area contributed by atoms with Crippen molar-refractivity contribution in [2.45, 2.75) is 58.1 Å². The van der Waals surface area contributed by atoms with E-state index >= 15 is 0 Å². The molecule has 0 bridgehead atoms. The molecule has 1 fully saturated rings. The molecule has 1 aliphatic heterocycles. The summed E-state index contributed by atoms with van der Waals surface area (Å²) in [6.45, 7) is 4.82. The van der Waals surface area contributed by atoms with Gasteiger partial charge in [0, 0.05) is 16.7 Å². The number of aliphatic hydroxyl groups is 2. The summed E-state index contributed by atoms with van der Waals surface area (Å²) < 4.78 is 11.4. The molecule has 8 nitrogen and oxygen atoms in total. The van der Waals surface area contributed by atoms with Gasteiger partial charge < -0.3 is 25.0 Å². The molecule has 1 aliphatic carbocycles. The van der Waals surface area contributed by atoms with Crippen LogP contribution in [0.4, 0.5) is 0 Å². The predicted molar refractivity (Wildman–Crippen MR) is 178 cm³/mol. The Hall–Kier alpha value is -4.27. The zero-order chi connectivity index (χ0) is 31.5. The summed E-state index contributed by atoms with van der Waals surface area (Å²) in [7, 11) is 3.29. The van der Waals surface area contributed by atoms with Gasteiger partial charge in [0.05, 0.1) is 56.5 Å². The number of aromatic nitrogens is 2. The Morgan fingerprint density at radius 3 is 1.98 bits per heavy atom. The van der Waals surface area contributed by atoms with Gasteiger partial charge in [0.15, 0.2) is 0 Å². The van der Waals surface area contributed by atoms with Crippen molar-refractivity contribution >= 4 is 5.84 Å². The Kier molecular flexibility index (Phi) is 9.14. The molecule has 3 N–H and O–H groups in total. The lowest BCUT2D eigenvalue weighted by Gasteiger charge is -2.18. The fourth-order valence-electron chi connectivity index (χ4n) is 6.77. The van der Waals surface area contributed by atoms with Gasteiger partial charge in [-0.1, -0.05) is 48.9 Å². The molecule has 2 aromatic heterocycles. The number of amidine groups is 1. The van der Waals surface area contributed by atoms with Crippen LogP contribution in [0.15, 0.2) is 65.7 Å². The first kappa shape index (κ1) is 30.7. The van der Waals surface area contributed by atoms with Gasteiger partial charge in [-0.15, -0.1) is 0 Å². The number of benzene rings is 2. The molecule has 0 radical (unpaired) electrons. The van der Waals surface area contributed by atoms with Crippen LogP contribution >= 0.6 is 0 Å². The van der Waals surface area contributed by atoms with Gasteiger partial charge in [-0.3, -0.25) is 4.99 Å². The molecule has 0 spiro atoms. The second-order valence-corrected chi connectivity index (χ2v) is 12.1. The number of aryl methyl sites for hydroxylation is 1. The highest BCUT2D eigenvalue weighted by Gasteiger charge is 2.26. The smallest absolute Gasteiger partial charge is 0.224 e. The lowest BCUT2D eigenvalue weighted by atomic mass is 9.89. The molecule has 0 amide bonds. The van der Waals surface area contributed by atoms with Crippen LogP contribution in [0.1, 0.15) is 47.9 Å². The number of methoxy groups -OCH3 is 2. The van der Waals surface area contributed by atoms with Gasteiger partial charge >= 0.3 is 0 Å². The number of pyridine rings is 2. The molecular formula is C37H42N4O4. The Morgan fingerprint density at radius 2 is 1.40 bits per heavy atom. The third-order valence-electron chi connectivity index (χ3n) is 9.39. The van der Waals surface area contributed by atoms with Crippen LogP contribution in [-0.4, -0.2) is 65.5 Å². The first-order valence-corrected chi connectivity index (χ1v) is 15.8. The summed E-state index contributed by atoms with van der Waals surface area (Å²) in [6.07, 6.45) is 4.72. The van der Waals surface area contributed by atoms with Crippen LogP contribution in [-0.2, 0) is 6.42 Å². The van der Waals surface area contributed by atoms with Gasteiger partial charge in [0.2, 0.25) is 11.8 Å². The minimum atomic E-state index is -0.183. The van der Waals surface area contributed by atoms with Crippen molar-refractivity contribution in [1.29, 1.82) is 0 Å². The lowest BCUT2D eigenvalue weighted by Crippen LogP contribution is -2.33. The maximum Gasteiger partial charge on any atom is 0.224 e. The number of rotatable bonds is 10. The molecule has 8 heteroatoms. The fourth-order valence-corrected chi connectivity index (χ4v) is 6.77. The van der Waals surface area contributed by atoms with E-state index in [0.717, 1.165) is 88.0 Å². The summed E-state index contributed by atoms with van der Waals surface area (Å²) in [5, 5.41) is 23.0. The molecule has 4 aromatic rings. The second-order valence-electron chi connectivity index (χ2n) is 12.1. The first-order chi connectivity index (χ1) is 21.9. The number of nitrogens with zero attached hydrogens (tertiary/aromatic N) is 3. The predicted octanol–water partition coefficient (Wildman–Crippen LogP) is 5.92. The number of hydrogen-bond acceptors (Lipinski definition) is 8. The van der Waals surface area contributed by atoms with Crippen molar-refractivity contribution in [1.82, 2.24) is 15.3 Å². The van der Waals surface area contributed by atoms with E-state index in [-0.39, 0.29) is 18.8 Å². The van der Waals surface area contributed by atoms with Gasteiger partial charge in [-0.25, -0.2) is 9.97 Å². The summed E-state index contributed by atoms with van der Waals surface area (Å²) >= 11 is 0. The molecule has 1 saturated carbocycles. The van der Waals surface area contributed by atoms with Gasteiger partial charge in [0.1, 0.15) is 5.84 Å². The number of aliphatic hydroxyl groups excluding tert-OH is 2. The van der Waals surface area contributed by atoms with E-state index < -0.39 is 0 Å². The van der Waals surface area contributed by atoms with Crippen molar-refractivity contribution < 1.29 is 19.7 Å². The Balaban J connectivity index is 1.29. The maximum absolute atomic E-state index is 10.3. The highest BCUT2D eigenvalue weighted by Crippen LogP contribution is 2.38. The Bertz CT molecular complexity index is 1720. The molecule has 234 valence electrons. The normalized spacial score (nSPS) is 19.3. The average Bonchev–Trinajstić information content (AvgIpc) is 3.72. The van der Waals surface area contributed by atoms with Crippen molar-refractivity contribution in [3.8, 4) is 45.4 Å². The fraction of sp³-hybridized carbons (Fsp3) is 0.378. The highest BCUT2D eigenvalue weighted by atomic mass is 16.5. The molecule has 3 heterocycles. The van der Waals surface area contributed by atoms with E-state index in [0.29, 0.717) is 30.1 Å². The van der Waals surface area contributed by atoms with E-state index in [2.05, 4.69) is 72.7 Å². The van der Waals surface area contributed by atoms with Crippen LogP contribution in [0.3, 0.4) is 0 Å². The van der Waals surface area contributed by atoms with E-state index in [4.69, 9.17) is 19.4 Å². The van der Waals surface area contributed by atoms with Crippen molar-refractivity contribution in [2.75, 3.05) is 27.4 Å². The molecule has 2 aliphatic rings. The Labute approximate surface area is 265 Å². The summed E-state index contributed by atoms with van der Waals surface area (Å²) in [6, 6.07) is 20.7. The van der Waals surface area contributed by atoms with Crippen LogP contribution in [0, 0.1) is 19.8 Å². The summed E-state index contributed by atoms with van der Waals surface area (Å²) in [5.41, 5.74) is 10.1. The topological polar surface area (TPSA) is 109 Å². The number of ether oxygens (including phenoxy) is 2. The van der Waals surface area contributed by atoms with Crippen molar-refractivity contribution in [3.05, 3.63) is 82.9 Å². The van der Waals surface area contributed by atoms with Crippen LogP contribution < -0.4 is 14.8 Å².